The zero-order valence-corrected chi connectivity index (χ0v) is 9.83. The second kappa shape index (κ2) is 5.86. The van der Waals surface area contributed by atoms with Gasteiger partial charge in [0.25, 0.3) is 0 Å². The van der Waals surface area contributed by atoms with E-state index in [1.165, 1.54) is 58.0 Å². The maximum atomic E-state index is 9.19. The summed E-state index contributed by atoms with van der Waals surface area (Å²) in [6, 6.07) is 0. The number of likely N-dealkylation sites (tertiary alicyclic amines) is 1. The Morgan fingerprint density at radius 3 is 2.40 bits per heavy atom. The summed E-state index contributed by atoms with van der Waals surface area (Å²) < 4.78 is 0. The standard InChI is InChI=1S/C13H25NO/c15-11-13-7-4-8-14(10-13)9-12-5-2-1-3-6-12/h12-13,15H,1-11H2/t13-/m1/s1. The van der Waals surface area contributed by atoms with Crippen molar-refractivity contribution in [2.75, 3.05) is 26.2 Å². The molecule has 0 spiro atoms. The maximum Gasteiger partial charge on any atom is 0.0471 e. The molecular formula is C13H25NO. The molecule has 2 aliphatic rings. The van der Waals surface area contributed by atoms with Gasteiger partial charge in [0.15, 0.2) is 0 Å². The van der Waals surface area contributed by atoms with Crippen LogP contribution in [0.2, 0.25) is 0 Å². The number of piperidine rings is 1. The molecule has 0 aromatic carbocycles. The highest BCUT2D eigenvalue weighted by atomic mass is 16.3. The van der Waals surface area contributed by atoms with Crippen molar-refractivity contribution in [2.24, 2.45) is 11.8 Å². The van der Waals surface area contributed by atoms with Gasteiger partial charge in [0.1, 0.15) is 0 Å². The molecule has 2 rings (SSSR count). The van der Waals surface area contributed by atoms with E-state index in [1.54, 1.807) is 0 Å². The largest absolute Gasteiger partial charge is 0.396 e. The van der Waals surface area contributed by atoms with Crippen LogP contribution >= 0.6 is 0 Å². The van der Waals surface area contributed by atoms with E-state index in [2.05, 4.69) is 4.90 Å². The van der Waals surface area contributed by atoms with Crippen LogP contribution < -0.4 is 0 Å². The lowest BCUT2D eigenvalue weighted by atomic mass is 9.88. The van der Waals surface area contributed by atoms with Crippen molar-refractivity contribution in [2.45, 2.75) is 44.9 Å². The third kappa shape index (κ3) is 3.46. The van der Waals surface area contributed by atoms with E-state index in [1.807, 2.05) is 0 Å². The summed E-state index contributed by atoms with van der Waals surface area (Å²) in [5.41, 5.74) is 0. The van der Waals surface area contributed by atoms with Gasteiger partial charge in [0, 0.05) is 19.7 Å². The second-order valence-electron chi connectivity index (χ2n) is 5.45. The molecule has 1 aliphatic carbocycles. The lowest BCUT2D eigenvalue weighted by Gasteiger charge is -2.35. The molecule has 0 radical (unpaired) electrons. The topological polar surface area (TPSA) is 23.5 Å². The zero-order chi connectivity index (χ0) is 10.5. The van der Waals surface area contributed by atoms with Crippen molar-refractivity contribution in [1.29, 1.82) is 0 Å². The Labute approximate surface area is 93.7 Å². The summed E-state index contributed by atoms with van der Waals surface area (Å²) in [5.74, 6) is 1.51. The van der Waals surface area contributed by atoms with Crippen LogP contribution in [0.15, 0.2) is 0 Å². The lowest BCUT2D eigenvalue weighted by Crippen LogP contribution is -2.40. The van der Waals surface area contributed by atoms with Crippen LogP contribution in [-0.4, -0.2) is 36.2 Å². The number of nitrogens with zero attached hydrogens (tertiary/aromatic N) is 1. The van der Waals surface area contributed by atoms with E-state index < -0.39 is 0 Å². The Balaban J connectivity index is 1.72. The van der Waals surface area contributed by atoms with Gasteiger partial charge in [-0.3, -0.25) is 0 Å². The SMILES string of the molecule is OC[C@@H]1CCCN(CC2CCCCC2)C1. The van der Waals surface area contributed by atoms with Crippen LogP contribution in [-0.2, 0) is 0 Å². The van der Waals surface area contributed by atoms with Gasteiger partial charge >= 0.3 is 0 Å². The molecule has 2 fully saturated rings. The molecule has 88 valence electrons. The molecule has 0 bridgehead atoms. The van der Waals surface area contributed by atoms with E-state index in [0.29, 0.717) is 12.5 Å². The van der Waals surface area contributed by atoms with Crippen LogP contribution in [0.5, 0.6) is 0 Å². The molecule has 0 unspecified atom stereocenters. The Hall–Kier alpha value is -0.0800. The molecule has 1 heterocycles. The maximum absolute atomic E-state index is 9.19. The predicted molar refractivity (Wildman–Crippen MR) is 62.8 cm³/mol. The average molecular weight is 211 g/mol. The van der Waals surface area contributed by atoms with Gasteiger partial charge in [0.2, 0.25) is 0 Å². The molecule has 0 aromatic heterocycles. The first-order chi connectivity index (χ1) is 7.38. The minimum absolute atomic E-state index is 0.390. The van der Waals surface area contributed by atoms with Gasteiger partial charge in [0.05, 0.1) is 0 Å². The number of aliphatic hydroxyl groups excluding tert-OH is 1. The number of rotatable bonds is 3. The van der Waals surface area contributed by atoms with Crippen LogP contribution in [0.25, 0.3) is 0 Å². The highest BCUT2D eigenvalue weighted by Crippen LogP contribution is 2.26. The summed E-state index contributed by atoms with van der Waals surface area (Å²) in [6.07, 6.45) is 9.76. The van der Waals surface area contributed by atoms with Crippen molar-refractivity contribution >= 4 is 0 Å². The Morgan fingerprint density at radius 1 is 0.933 bits per heavy atom. The zero-order valence-electron chi connectivity index (χ0n) is 9.83. The smallest absolute Gasteiger partial charge is 0.0471 e. The van der Waals surface area contributed by atoms with Crippen LogP contribution in [0, 0.1) is 11.8 Å². The molecule has 2 nitrogen and oxygen atoms in total. The van der Waals surface area contributed by atoms with Crippen molar-refractivity contribution in [3.63, 3.8) is 0 Å². The fourth-order valence-corrected chi connectivity index (χ4v) is 3.20. The molecule has 1 atom stereocenters. The third-order valence-electron chi connectivity index (χ3n) is 4.10. The van der Waals surface area contributed by atoms with Gasteiger partial charge in [-0.2, -0.15) is 0 Å². The van der Waals surface area contributed by atoms with Crippen LogP contribution in [0.1, 0.15) is 44.9 Å². The number of hydrogen-bond donors (Lipinski definition) is 1. The molecular weight excluding hydrogens is 186 g/mol. The van der Waals surface area contributed by atoms with E-state index in [4.69, 9.17) is 0 Å². The number of hydrogen-bond acceptors (Lipinski definition) is 2. The Kier molecular flexibility index (Phi) is 4.45. The van der Waals surface area contributed by atoms with Crippen LogP contribution in [0.4, 0.5) is 0 Å². The van der Waals surface area contributed by atoms with Crippen molar-refractivity contribution in [1.82, 2.24) is 4.90 Å². The second-order valence-corrected chi connectivity index (χ2v) is 5.45. The number of aliphatic hydroxyl groups is 1. The predicted octanol–water partition coefficient (Wildman–Crippen LogP) is 2.27. The minimum atomic E-state index is 0.390. The Morgan fingerprint density at radius 2 is 1.67 bits per heavy atom. The van der Waals surface area contributed by atoms with Gasteiger partial charge in [-0.15, -0.1) is 0 Å². The molecule has 2 heteroatoms. The third-order valence-corrected chi connectivity index (χ3v) is 4.10. The van der Waals surface area contributed by atoms with E-state index in [9.17, 15) is 5.11 Å². The fraction of sp³-hybridized carbons (Fsp3) is 1.00. The molecule has 1 saturated heterocycles. The molecule has 15 heavy (non-hydrogen) atoms. The summed E-state index contributed by atoms with van der Waals surface area (Å²) >= 11 is 0. The first kappa shape index (κ1) is 11.4. The van der Waals surface area contributed by atoms with Crippen molar-refractivity contribution in [3.8, 4) is 0 Å². The van der Waals surface area contributed by atoms with Crippen LogP contribution in [0.3, 0.4) is 0 Å². The highest BCUT2D eigenvalue weighted by Gasteiger charge is 2.22. The summed E-state index contributed by atoms with van der Waals surface area (Å²) in [6.45, 7) is 4.11. The van der Waals surface area contributed by atoms with Gasteiger partial charge in [-0.25, -0.2) is 0 Å². The molecule has 1 saturated carbocycles. The molecule has 1 aliphatic heterocycles. The van der Waals surface area contributed by atoms with Gasteiger partial charge in [-0.1, -0.05) is 19.3 Å². The fourth-order valence-electron chi connectivity index (χ4n) is 3.20. The minimum Gasteiger partial charge on any atom is -0.396 e. The summed E-state index contributed by atoms with van der Waals surface area (Å²) in [4.78, 5) is 2.60. The first-order valence-electron chi connectivity index (χ1n) is 6.71. The van der Waals surface area contributed by atoms with Crippen molar-refractivity contribution in [3.05, 3.63) is 0 Å². The summed E-state index contributed by atoms with van der Waals surface area (Å²) in [5, 5.41) is 9.19. The first-order valence-corrected chi connectivity index (χ1v) is 6.71. The van der Waals surface area contributed by atoms with Crippen molar-refractivity contribution < 1.29 is 5.11 Å². The molecule has 0 amide bonds. The Bertz CT molecular complexity index is 177. The lowest BCUT2D eigenvalue weighted by molar-refractivity contribution is 0.101. The normalized spacial score (nSPS) is 30.6. The van der Waals surface area contributed by atoms with E-state index in [-0.39, 0.29) is 0 Å². The van der Waals surface area contributed by atoms with Gasteiger partial charge < -0.3 is 10.0 Å². The monoisotopic (exact) mass is 211 g/mol. The van der Waals surface area contributed by atoms with E-state index >= 15 is 0 Å². The van der Waals surface area contributed by atoms with Gasteiger partial charge in [-0.05, 0) is 44.1 Å². The molecule has 0 aromatic rings. The quantitative estimate of drug-likeness (QED) is 0.774. The van der Waals surface area contributed by atoms with E-state index in [0.717, 1.165) is 12.5 Å². The molecule has 1 N–H and O–H groups in total. The highest BCUT2D eigenvalue weighted by molar-refractivity contribution is 4.76. The summed E-state index contributed by atoms with van der Waals surface area (Å²) in [7, 11) is 0. The average Bonchev–Trinajstić information content (AvgIpc) is 2.31.